The van der Waals surface area contributed by atoms with Crippen LogP contribution < -0.4 is 11.3 Å². The summed E-state index contributed by atoms with van der Waals surface area (Å²) in [4.78, 5) is 4.38. The fraction of sp³-hybridized carbons (Fsp3) is 0.643. The van der Waals surface area contributed by atoms with Gasteiger partial charge in [-0.2, -0.15) is 0 Å². The third-order valence-corrected chi connectivity index (χ3v) is 5.06. The van der Waals surface area contributed by atoms with Crippen LogP contribution in [0.1, 0.15) is 43.8 Å². The number of pyridine rings is 1. The van der Waals surface area contributed by atoms with Gasteiger partial charge in [-0.3, -0.25) is 16.3 Å². The number of fused-ring (bicyclic) bond motifs is 2. The molecular formula is C14H20ClN3. The first kappa shape index (κ1) is 12.4. The van der Waals surface area contributed by atoms with Crippen LogP contribution >= 0.6 is 11.6 Å². The molecule has 2 bridgehead atoms. The fourth-order valence-corrected chi connectivity index (χ4v) is 4.13. The first-order valence-corrected chi connectivity index (χ1v) is 7.22. The normalized spacial score (nSPS) is 31.8. The van der Waals surface area contributed by atoms with Gasteiger partial charge in [-0.1, -0.05) is 18.0 Å². The fourth-order valence-electron chi connectivity index (χ4n) is 3.88. The Hall–Kier alpha value is -0.640. The number of aromatic nitrogens is 1. The summed E-state index contributed by atoms with van der Waals surface area (Å²) >= 11 is 6.20. The smallest absolute Gasteiger partial charge is 0.0772 e. The number of halogens is 1. The van der Waals surface area contributed by atoms with E-state index in [1.54, 1.807) is 6.20 Å². The largest absolute Gasteiger partial charge is 0.271 e. The molecule has 0 spiro atoms. The molecule has 4 unspecified atom stereocenters. The van der Waals surface area contributed by atoms with Crippen molar-refractivity contribution < 1.29 is 0 Å². The minimum absolute atomic E-state index is 0.0862. The van der Waals surface area contributed by atoms with E-state index in [1.165, 1.54) is 25.7 Å². The van der Waals surface area contributed by atoms with E-state index in [0.717, 1.165) is 29.9 Å². The van der Waals surface area contributed by atoms with Crippen molar-refractivity contribution in [3.05, 3.63) is 29.0 Å². The maximum absolute atomic E-state index is 6.20. The van der Waals surface area contributed by atoms with Gasteiger partial charge < -0.3 is 0 Å². The van der Waals surface area contributed by atoms with Crippen LogP contribution in [0, 0.1) is 17.8 Å². The SMILES string of the molecule is NNC(CC1CC2CCC1C2)c1ncccc1Cl. The van der Waals surface area contributed by atoms with Crippen molar-refractivity contribution in [2.45, 2.75) is 38.1 Å². The molecule has 2 saturated carbocycles. The average Bonchev–Trinajstić information content (AvgIpc) is 2.99. The second-order valence-corrected chi connectivity index (χ2v) is 6.17. The zero-order valence-electron chi connectivity index (χ0n) is 10.5. The minimum atomic E-state index is 0.0862. The van der Waals surface area contributed by atoms with E-state index in [0.29, 0.717) is 5.02 Å². The Morgan fingerprint density at radius 3 is 2.94 bits per heavy atom. The molecule has 0 aromatic carbocycles. The lowest BCUT2D eigenvalue weighted by Gasteiger charge is -2.26. The first-order chi connectivity index (χ1) is 8.78. The molecule has 0 aliphatic heterocycles. The van der Waals surface area contributed by atoms with Crippen LogP contribution in [-0.2, 0) is 0 Å². The molecule has 2 fully saturated rings. The van der Waals surface area contributed by atoms with Crippen molar-refractivity contribution in [1.29, 1.82) is 0 Å². The maximum atomic E-state index is 6.20. The van der Waals surface area contributed by atoms with Crippen LogP contribution in [-0.4, -0.2) is 4.98 Å². The molecule has 3 rings (SSSR count). The van der Waals surface area contributed by atoms with Crippen molar-refractivity contribution in [2.75, 3.05) is 0 Å². The van der Waals surface area contributed by atoms with E-state index in [-0.39, 0.29) is 6.04 Å². The highest BCUT2D eigenvalue weighted by molar-refractivity contribution is 6.31. The Morgan fingerprint density at radius 1 is 1.44 bits per heavy atom. The molecule has 0 saturated heterocycles. The van der Waals surface area contributed by atoms with Gasteiger partial charge in [0.05, 0.1) is 16.8 Å². The molecule has 1 aromatic rings. The summed E-state index contributed by atoms with van der Waals surface area (Å²) in [5.41, 5.74) is 3.79. The number of hydrazine groups is 1. The maximum Gasteiger partial charge on any atom is 0.0772 e. The Balaban J connectivity index is 1.72. The van der Waals surface area contributed by atoms with Crippen molar-refractivity contribution in [2.24, 2.45) is 23.6 Å². The molecule has 18 heavy (non-hydrogen) atoms. The predicted molar refractivity (Wildman–Crippen MR) is 72.9 cm³/mol. The Labute approximate surface area is 113 Å². The van der Waals surface area contributed by atoms with Crippen LogP contribution in [0.25, 0.3) is 0 Å². The van der Waals surface area contributed by atoms with Gasteiger partial charge >= 0.3 is 0 Å². The van der Waals surface area contributed by atoms with Crippen LogP contribution in [0.5, 0.6) is 0 Å². The highest BCUT2D eigenvalue weighted by Gasteiger charge is 2.40. The van der Waals surface area contributed by atoms with Gasteiger partial charge in [0.15, 0.2) is 0 Å². The van der Waals surface area contributed by atoms with Crippen LogP contribution in [0.15, 0.2) is 18.3 Å². The predicted octanol–water partition coefficient (Wildman–Crippen LogP) is 3.07. The molecule has 1 heterocycles. The monoisotopic (exact) mass is 265 g/mol. The lowest BCUT2D eigenvalue weighted by atomic mass is 9.83. The number of rotatable bonds is 4. The third kappa shape index (κ3) is 2.27. The summed E-state index contributed by atoms with van der Waals surface area (Å²) in [5.74, 6) is 8.38. The van der Waals surface area contributed by atoms with E-state index in [1.807, 2.05) is 12.1 Å². The van der Waals surface area contributed by atoms with Gasteiger partial charge in [-0.25, -0.2) is 0 Å². The molecule has 4 atom stereocenters. The van der Waals surface area contributed by atoms with Gasteiger partial charge in [0.25, 0.3) is 0 Å². The van der Waals surface area contributed by atoms with Crippen LogP contribution in [0.3, 0.4) is 0 Å². The summed E-state index contributed by atoms with van der Waals surface area (Å²) in [6.07, 6.45) is 8.49. The highest BCUT2D eigenvalue weighted by Crippen LogP contribution is 2.50. The Bertz CT molecular complexity index is 423. The molecule has 2 aliphatic carbocycles. The molecule has 3 nitrogen and oxygen atoms in total. The number of nitrogens with zero attached hydrogens (tertiary/aromatic N) is 1. The molecule has 3 N–H and O–H groups in total. The van der Waals surface area contributed by atoms with Crippen molar-refractivity contribution >= 4 is 11.6 Å². The summed E-state index contributed by atoms with van der Waals surface area (Å²) in [6.45, 7) is 0. The number of nitrogens with one attached hydrogen (secondary N) is 1. The second-order valence-electron chi connectivity index (χ2n) is 5.76. The van der Waals surface area contributed by atoms with Gasteiger partial charge in [0.1, 0.15) is 0 Å². The van der Waals surface area contributed by atoms with E-state index in [4.69, 9.17) is 17.4 Å². The average molecular weight is 266 g/mol. The molecule has 2 aliphatic rings. The Morgan fingerprint density at radius 2 is 2.33 bits per heavy atom. The van der Waals surface area contributed by atoms with Gasteiger partial charge in [-0.15, -0.1) is 0 Å². The van der Waals surface area contributed by atoms with Crippen molar-refractivity contribution in [3.8, 4) is 0 Å². The third-order valence-electron chi connectivity index (χ3n) is 4.74. The molecule has 98 valence electrons. The standard InChI is InChI=1S/C14H20ClN3/c15-12-2-1-5-17-14(12)13(18-16)8-11-7-9-3-4-10(11)6-9/h1-2,5,9-11,13,18H,3-4,6-8,16H2. The van der Waals surface area contributed by atoms with Gasteiger partial charge in [0.2, 0.25) is 0 Å². The van der Waals surface area contributed by atoms with Crippen molar-refractivity contribution in [3.63, 3.8) is 0 Å². The number of hydrogen-bond acceptors (Lipinski definition) is 3. The molecule has 4 heteroatoms. The zero-order valence-corrected chi connectivity index (χ0v) is 11.2. The summed E-state index contributed by atoms with van der Waals surface area (Å²) in [7, 11) is 0. The van der Waals surface area contributed by atoms with Crippen LogP contribution in [0.2, 0.25) is 5.02 Å². The van der Waals surface area contributed by atoms with E-state index in [2.05, 4.69) is 10.4 Å². The lowest BCUT2D eigenvalue weighted by molar-refractivity contribution is 0.278. The highest BCUT2D eigenvalue weighted by atomic mass is 35.5. The topological polar surface area (TPSA) is 50.9 Å². The molecule has 0 radical (unpaired) electrons. The van der Waals surface area contributed by atoms with Crippen molar-refractivity contribution in [1.82, 2.24) is 10.4 Å². The van der Waals surface area contributed by atoms with E-state index >= 15 is 0 Å². The first-order valence-electron chi connectivity index (χ1n) is 6.84. The number of hydrogen-bond donors (Lipinski definition) is 2. The molecular weight excluding hydrogens is 246 g/mol. The quantitative estimate of drug-likeness (QED) is 0.650. The van der Waals surface area contributed by atoms with E-state index < -0.39 is 0 Å². The van der Waals surface area contributed by atoms with Gasteiger partial charge in [-0.05, 0) is 55.6 Å². The summed E-state index contributed by atoms with van der Waals surface area (Å²) in [5, 5.41) is 0.712. The summed E-state index contributed by atoms with van der Waals surface area (Å²) < 4.78 is 0. The zero-order chi connectivity index (χ0) is 12.5. The van der Waals surface area contributed by atoms with Gasteiger partial charge in [0, 0.05) is 6.20 Å². The minimum Gasteiger partial charge on any atom is -0.271 e. The van der Waals surface area contributed by atoms with E-state index in [9.17, 15) is 0 Å². The van der Waals surface area contributed by atoms with Crippen LogP contribution in [0.4, 0.5) is 0 Å². The molecule has 1 aromatic heterocycles. The number of nitrogens with two attached hydrogens (primary N) is 1. The Kier molecular flexibility index (Phi) is 3.55. The summed E-state index contributed by atoms with van der Waals surface area (Å²) in [6, 6.07) is 3.83. The second kappa shape index (κ2) is 5.16. The molecule has 0 amide bonds. The lowest BCUT2D eigenvalue weighted by Crippen LogP contribution is -2.31.